The fourth-order valence-electron chi connectivity index (χ4n) is 1.84. The summed E-state index contributed by atoms with van der Waals surface area (Å²) in [7, 11) is -4.03. The summed E-state index contributed by atoms with van der Waals surface area (Å²) in [5.74, 6) is -2.25. The van der Waals surface area contributed by atoms with Crippen LogP contribution in [0.25, 0.3) is 0 Å². The summed E-state index contributed by atoms with van der Waals surface area (Å²) in [6.45, 7) is 4.85. The number of carbonyl (C=O) groups is 3. The van der Waals surface area contributed by atoms with Crippen molar-refractivity contribution in [2.75, 3.05) is 0 Å². The first kappa shape index (κ1) is 21.4. The van der Waals surface area contributed by atoms with Crippen LogP contribution in [0.5, 0.6) is 0 Å². The zero-order valence-corrected chi connectivity index (χ0v) is 15.5. The summed E-state index contributed by atoms with van der Waals surface area (Å²) in [6, 6.07) is 5.88. The van der Waals surface area contributed by atoms with Crippen molar-refractivity contribution in [3.63, 3.8) is 0 Å². The van der Waals surface area contributed by atoms with E-state index in [4.69, 9.17) is 9.84 Å². The first-order valence-corrected chi connectivity index (χ1v) is 9.22. The molecule has 0 saturated carbocycles. The van der Waals surface area contributed by atoms with Crippen molar-refractivity contribution in [3.05, 3.63) is 30.3 Å². The Kier molecular flexibility index (Phi) is 7.13. The van der Waals surface area contributed by atoms with Crippen LogP contribution in [0, 0.1) is 0 Å². The van der Waals surface area contributed by atoms with Crippen LogP contribution in [0.3, 0.4) is 0 Å². The average Bonchev–Trinajstić information content (AvgIpc) is 2.49. The lowest BCUT2D eigenvalue weighted by molar-refractivity contribution is -0.139. The van der Waals surface area contributed by atoms with Crippen LogP contribution < -0.4 is 10.0 Å². The molecule has 1 atom stereocenters. The smallest absolute Gasteiger partial charge is 0.408 e. The molecule has 0 fully saturated rings. The maximum atomic E-state index is 12.0. The average molecular weight is 386 g/mol. The van der Waals surface area contributed by atoms with Crippen molar-refractivity contribution in [2.45, 2.75) is 50.2 Å². The molecule has 0 spiro atoms. The SMILES string of the molecule is CC(C)(C)OC(=O)NC(CCC(=O)NS(=O)(=O)c1ccccc1)C(=O)O. The summed E-state index contributed by atoms with van der Waals surface area (Å²) in [4.78, 5) is 34.6. The van der Waals surface area contributed by atoms with E-state index in [-0.39, 0.29) is 11.3 Å². The minimum Gasteiger partial charge on any atom is -0.480 e. The van der Waals surface area contributed by atoms with Gasteiger partial charge in [-0.15, -0.1) is 0 Å². The predicted octanol–water partition coefficient (Wildman–Crippen LogP) is 1.25. The monoisotopic (exact) mass is 386 g/mol. The molecule has 1 unspecified atom stereocenters. The standard InChI is InChI=1S/C16H22N2O7S/c1-16(2,3)25-15(22)17-12(14(20)21)9-10-13(19)18-26(23,24)11-7-5-4-6-8-11/h4-8,12H,9-10H2,1-3H3,(H,17,22)(H,18,19)(H,20,21). The molecule has 1 rings (SSSR count). The largest absolute Gasteiger partial charge is 0.480 e. The van der Waals surface area contributed by atoms with Gasteiger partial charge in [0.25, 0.3) is 10.0 Å². The minimum absolute atomic E-state index is 0.0879. The van der Waals surface area contributed by atoms with Crippen LogP contribution in [0.1, 0.15) is 33.6 Å². The van der Waals surface area contributed by atoms with E-state index in [9.17, 15) is 22.8 Å². The van der Waals surface area contributed by atoms with E-state index in [0.717, 1.165) is 0 Å². The molecular weight excluding hydrogens is 364 g/mol. The van der Waals surface area contributed by atoms with Crippen molar-refractivity contribution in [2.24, 2.45) is 0 Å². The maximum Gasteiger partial charge on any atom is 0.408 e. The zero-order chi connectivity index (χ0) is 20.0. The number of carbonyl (C=O) groups excluding carboxylic acids is 2. The molecule has 0 bridgehead atoms. The van der Waals surface area contributed by atoms with Gasteiger partial charge in [0.15, 0.2) is 0 Å². The lowest BCUT2D eigenvalue weighted by Gasteiger charge is -2.21. The first-order chi connectivity index (χ1) is 11.9. The molecule has 2 amide bonds. The van der Waals surface area contributed by atoms with Gasteiger partial charge in [0, 0.05) is 6.42 Å². The minimum atomic E-state index is -4.03. The quantitative estimate of drug-likeness (QED) is 0.641. The molecule has 9 nitrogen and oxygen atoms in total. The molecule has 0 aliphatic carbocycles. The predicted molar refractivity (Wildman–Crippen MR) is 91.8 cm³/mol. The van der Waals surface area contributed by atoms with E-state index in [0.29, 0.717) is 0 Å². The third kappa shape index (κ3) is 7.51. The molecule has 26 heavy (non-hydrogen) atoms. The van der Waals surface area contributed by atoms with Crippen LogP contribution in [0.2, 0.25) is 0 Å². The van der Waals surface area contributed by atoms with Crippen LogP contribution in [0.4, 0.5) is 4.79 Å². The van der Waals surface area contributed by atoms with E-state index in [1.54, 1.807) is 26.8 Å². The maximum absolute atomic E-state index is 12.0. The van der Waals surface area contributed by atoms with E-state index in [2.05, 4.69) is 5.32 Å². The molecular formula is C16H22N2O7S. The number of benzene rings is 1. The molecule has 3 N–H and O–H groups in total. The summed E-state index contributed by atoms with van der Waals surface area (Å²) in [6.07, 6.45) is -1.66. The highest BCUT2D eigenvalue weighted by Gasteiger charge is 2.25. The Balaban J connectivity index is 2.62. The van der Waals surface area contributed by atoms with E-state index < -0.39 is 46.1 Å². The van der Waals surface area contributed by atoms with Crippen molar-refractivity contribution in [1.82, 2.24) is 10.0 Å². The molecule has 0 saturated heterocycles. The van der Waals surface area contributed by atoms with Gasteiger partial charge >= 0.3 is 12.1 Å². The fraction of sp³-hybridized carbons (Fsp3) is 0.438. The number of carboxylic acid groups (broad SMARTS) is 1. The summed E-state index contributed by atoms with van der Waals surface area (Å²) in [5.41, 5.74) is -0.811. The molecule has 0 heterocycles. The Labute approximate surface area is 151 Å². The second-order valence-electron chi connectivity index (χ2n) is 6.42. The third-order valence-electron chi connectivity index (χ3n) is 2.95. The van der Waals surface area contributed by atoms with Gasteiger partial charge < -0.3 is 15.2 Å². The normalized spacial score (nSPS) is 12.7. The number of rotatable bonds is 7. The number of alkyl carbamates (subject to hydrolysis) is 1. The number of ether oxygens (including phenoxy) is 1. The zero-order valence-electron chi connectivity index (χ0n) is 14.7. The first-order valence-electron chi connectivity index (χ1n) is 7.74. The highest BCUT2D eigenvalue weighted by Crippen LogP contribution is 2.09. The number of amides is 2. The number of hydrogen-bond donors (Lipinski definition) is 3. The number of nitrogens with one attached hydrogen (secondary N) is 2. The van der Waals surface area contributed by atoms with Crippen LogP contribution >= 0.6 is 0 Å². The van der Waals surface area contributed by atoms with Gasteiger partial charge in [-0.25, -0.2) is 22.7 Å². The molecule has 0 aliphatic rings. The molecule has 144 valence electrons. The second-order valence-corrected chi connectivity index (χ2v) is 8.10. The summed E-state index contributed by atoms with van der Waals surface area (Å²) < 4.78 is 30.8. The van der Waals surface area contributed by atoms with Gasteiger partial charge in [0.05, 0.1) is 4.90 Å². The van der Waals surface area contributed by atoms with Crippen LogP contribution in [0.15, 0.2) is 35.2 Å². The van der Waals surface area contributed by atoms with Crippen molar-refractivity contribution in [1.29, 1.82) is 0 Å². The topological polar surface area (TPSA) is 139 Å². The fourth-order valence-corrected chi connectivity index (χ4v) is 2.88. The van der Waals surface area contributed by atoms with Crippen LogP contribution in [-0.4, -0.2) is 43.1 Å². The lowest BCUT2D eigenvalue weighted by atomic mass is 10.1. The molecule has 10 heteroatoms. The van der Waals surface area contributed by atoms with Gasteiger partial charge in [0.2, 0.25) is 5.91 Å². The summed E-state index contributed by atoms with van der Waals surface area (Å²) >= 11 is 0. The number of hydrogen-bond acceptors (Lipinski definition) is 6. The lowest BCUT2D eigenvalue weighted by Crippen LogP contribution is -2.44. The Morgan fingerprint density at radius 2 is 1.73 bits per heavy atom. The van der Waals surface area contributed by atoms with Gasteiger partial charge in [0.1, 0.15) is 11.6 Å². The highest BCUT2D eigenvalue weighted by atomic mass is 32.2. The van der Waals surface area contributed by atoms with Gasteiger partial charge in [-0.2, -0.15) is 0 Å². The number of carboxylic acids is 1. The molecule has 1 aromatic carbocycles. The van der Waals surface area contributed by atoms with Crippen molar-refractivity contribution in [3.8, 4) is 0 Å². The van der Waals surface area contributed by atoms with Crippen molar-refractivity contribution >= 4 is 28.0 Å². The van der Waals surface area contributed by atoms with Crippen molar-refractivity contribution < 1.29 is 32.6 Å². The molecule has 0 radical (unpaired) electrons. The third-order valence-corrected chi connectivity index (χ3v) is 4.34. The van der Waals surface area contributed by atoms with Gasteiger partial charge in [-0.05, 0) is 39.3 Å². The van der Waals surface area contributed by atoms with Gasteiger partial charge in [-0.1, -0.05) is 18.2 Å². The summed E-state index contributed by atoms with van der Waals surface area (Å²) in [5, 5.41) is 11.3. The Morgan fingerprint density at radius 1 is 1.15 bits per heavy atom. The molecule has 0 aromatic heterocycles. The molecule has 1 aromatic rings. The van der Waals surface area contributed by atoms with E-state index in [1.807, 2.05) is 4.72 Å². The molecule has 0 aliphatic heterocycles. The van der Waals surface area contributed by atoms with Crippen LogP contribution in [-0.2, 0) is 24.3 Å². The van der Waals surface area contributed by atoms with E-state index >= 15 is 0 Å². The van der Waals surface area contributed by atoms with Gasteiger partial charge in [-0.3, -0.25) is 4.79 Å². The van der Waals surface area contributed by atoms with E-state index in [1.165, 1.54) is 24.3 Å². The number of sulfonamides is 1. The Hall–Kier alpha value is -2.62. The Morgan fingerprint density at radius 3 is 2.23 bits per heavy atom. The highest BCUT2D eigenvalue weighted by molar-refractivity contribution is 7.90. The second kappa shape index (κ2) is 8.65. The number of aliphatic carboxylic acids is 1. The Bertz CT molecular complexity index is 755.